The van der Waals surface area contributed by atoms with E-state index in [1.807, 2.05) is 36.1 Å². The minimum atomic E-state index is -0.283. The third-order valence-corrected chi connectivity index (χ3v) is 6.73. The summed E-state index contributed by atoms with van der Waals surface area (Å²) in [4.78, 5) is 27.6. The summed E-state index contributed by atoms with van der Waals surface area (Å²) in [5.74, 6) is 0.762. The summed E-state index contributed by atoms with van der Waals surface area (Å²) in [6.07, 6.45) is 1.73. The Hall–Kier alpha value is -3.46. The van der Waals surface area contributed by atoms with Crippen LogP contribution in [0.15, 0.2) is 42.5 Å². The van der Waals surface area contributed by atoms with Crippen LogP contribution in [0.3, 0.4) is 0 Å². The quantitative estimate of drug-likeness (QED) is 0.587. The largest absolute Gasteiger partial charge is 0.497 e. The molecular formula is C24H26N4O4S. The van der Waals surface area contributed by atoms with Crippen LogP contribution >= 0.6 is 11.3 Å². The van der Waals surface area contributed by atoms with Crippen molar-refractivity contribution in [2.24, 2.45) is 0 Å². The highest BCUT2D eigenvalue weighted by atomic mass is 32.1. The minimum Gasteiger partial charge on any atom is -0.497 e. The highest BCUT2D eigenvalue weighted by molar-refractivity contribution is 7.13. The molecule has 0 radical (unpaired) electrons. The van der Waals surface area contributed by atoms with Gasteiger partial charge in [0.25, 0.3) is 11.8 Å². The molecule has 8 nitrogen and oxygen atoms in total. The number of carbonyl (C=O) groups is 2. The van der Waals surface area contributed by atoms with Crippen molar-refractivity contribution in [2.75, 3.05) is 32.6 Å². The molecule has 1 saturated heterocycles. The van der Waals surface area contributed by atoms with Gasteiger partial charge in [-0.25, -0.2) is 0 Å². The van der Waals surface area contributed by atoms with Crippen LogP contribution < -0.4 is 14.8 Å². The number of piperidine rings is 1. The van der Waals surface area contributed by atoms with E-state index in [2.05, 4.69) is 15.5 Å². The van der Waals surface area contributed by atoms with Crippen molar-refractivity contribution in [3.8, 4) is 11.5 Å². The van der Waals surface area contributed by atoms with Crippen LogP contribution in [0.2, 0.25) is 0 Å². The molecule has 9 heteroatoms. The average Bonchev–Trinajstić information content (AvgIpc) is 3.35. The molecule has 1 fully saturated rings. The molecule has 0 saturated carbocycles. The van der Waals surface area contributed by atoms with Crippen LogP contribution in [0.1, 0.15) is 49.5 Å². The summed E-state index contributed by atoms with van der Waals surface area (Å²) in [5, 5.41) is 12.3. The highest BCUT2D eigenvalue weighted by Gasteiger charge is 2.30. The maximum absolute atomic E-state index is 13.2. The number of methoxy groups -OCH3 is 2. The van der Waals surface area contributed by atoms with Crippen molar-refractivity contribution >= 4 is 28.8 Å². The van der Waals surface area contributed by atoms with E-state index >= 15 is 0 Å². The van der Waals surface area contributed by atoms with Gasteiger partial charge in [0.2, 0.25) is 5.01 Å². The van der Waals surface area contributed by atoms with E-state index in [-0.39, 0.29) is 17.7 Å². The van der Waals surface area contributed by atoms with E-state index in [1.54, 1.807) is 25.3 Å². The molecule has 1 N–H and O–H groups in total. The number of hydrogen-bond donors (Lipinski definition) is 1. The van der Waals surface area contributed by atoms with Gasteiger partial charge in [-0.15, -0.1) is 10.2 Å². The fourth-order valence-electron chi connectivity index (χ4n) is 3.82. The van der Waals surface area contributed by atoms with E-state index < -0.39 is 0 Å². The van der Waals surface area contributed by atoms with Gasteiger partial charge in [-0.3, -0.25) is 9.59 Å². The highest BCUT2D eigenvalue weighted by Crippen LogP contribution is 2.32. The monoisotopic (exact) mass is 466 g/mol. The van der Waals surface area contributed by atoms with Crippen LogP contribution in [-0.4, -0.2) is 54.2 Å². The Morgan fingerprint density at radius 3 is 2.61 bits per heavy atom. The molecule has 1 aromatic heterocycles. The molecule has 0 bridgehead atoms. The summed E-state index contributed by atoms with van der Waals surface area (Å²) in [6.45, 7) is 3.16. The molecule has 2 heterocycles. The van der Waals surface area contributed by atoms with Crippen LogP contribution in [0.5, 0.6) is 11.5 Å². The lowest BCUT2D eigenvalue weighted by Gasteiger charge is -2.32. The fraction of sp³-hybridized carbons (Fsp3) is 0.333. The molecule has 4 rings (SSSR count). The molecule has 1 unspecified atom stereocenters. The van der Waals surface area contributed by atoms with Gasteiger partial charge in [0, 0.05) is 30.8 Å². The number of carbonyl (C=O) groups excluding carboxylic acids is 2. The second-order valence-corrected chi connectivity index (χ2v) is 8.93. The maximum atomic E-state index is 13.2. The lowest BCUT2D eigenvalue weighted by molar-refractivity contribution is 0.0703. The van der Waals surface area contributed by atoms with Gasteiger partial charge in [-0.05, 0) is 44.0 Å². The number of aromatic nitrogens is 2. The predicted octanol–water partition coefficient (Wildman–Crippen LogP) is 4.14. The summed E-state index contributed by atoms with van der Waals surface area (Å²) >= 11 is 1.28. The molecule has 0 spiro atoms. The molecule has 33 heavy (non-hydrogen) atoms. The summed E-state index contributed by atoms with van der Waals surface area (Å²) < 4.78 is 10.6. The van der Waals surface area contributed by atoms with Crippen molar-refractivity contribution in [3.63, 3.8) is 0 Å². The molecule has 0 aliphatic carbocycles. The normalized spacial score (nSPS) is 15.7. The summed E-state index contributed by atoms with van der Waals surface area (Å²) in [5.41, 5.74) is 2.33. The first-order valence-electron chi connectivity index (χ1n) is 10.7. The molecule has 1 aliphatic heterocycles. The third kappa shape index (κ3) is 5.14. The summed E-state index contributed by atoms with van der Waals surface area (Å²) in [6, 6.07) is 12.8. The number of nitrogens with zero attached hydrogens (tertiary/aromatic N) is 3. The molecule has 1 aliphatic rings. The van der Waals surface area contributed by atoms with E-state index in [0.29, 0.717) is 40.8 Å². The van der Waals surface area contributed by atoms with Crippen LogP contribution in [0, 0.1) is 6.92 Å². The molecule has 172 valence electrons. The number of ether oxygens (including phenoxy) is 2. The standard InChI is InChI=1S/C24H26N4O4S/c1-15-6-8-17(9-7-15)25-21(29)23-27-26-22(33-23)16-5-4-12-28(14-16)24(30)19-11-10-18(31-2)13-20(19)32-3/h6-11,13,16H,4-5,12,14H2,1-3H3,(H,25,29). The number of amides is 2. The Kier molecular flexibility index (Phi) is 6.88. The van der Waals surface area contributed by atoms with Gasteiger partial charge >= 0.3 is 0 Å². The average molecular weight is 467 g/mol. The van der Waals surface area contributed by atoms with Crippen LogP contribution in [0.4, 0.5) is 5.69 Å². The Morgan fingerprint density at radius 1 is 1.09 bits per heavy atom. The van der Waals surface area contributed by atoms with Gasteiger partial charge in [-0.1, -0.05) is 29.0 Å². The topological polar surface area (TPSA) is 93.7 Å². The van der Waals surface area contributed by atoms with Gasteiger partial charge in [-0.2, -0.15) is 0 Å². The van der Waals surface area contributed by atoms with E-state index in [1.165, 1.54) is 18.4 Å². The number of likely N-dealkylation sites (tertiary alicyclic amines) is 1. The second-order valence-electron chi connectivity index (χ2n) is 7.92. The van der Waals surface area contributed by atoms with Crippen LogP contribution in [-0.2, 0) is 0 Å². The lowest BCUT2D eigenvalue weighted by Crippen LogP contribution is -2.39. The first kappa shape index (κ1) is 22.7. The zero-order chi connectivity index (χ0) is 23.4. The summed E-state index contributed by atoms with van der Waals surface area (Å²) in [7, 11) is 3.11. The Labute approximate surface area is 196 Å². The van der Waals surface area contributed by atoms with E-state index in [4.69, 9.17) is 9.47 Å². The number of nitrogens with one attached hydrogen (secondary N) is 1. The number of aryl methyl sites for hydroxylation is 1. The molecular weight excluding hydrogens is 440 g/mol. The Morgan fingerprint density at radius 2 is 1.88 bits per heavy atom. The number of hydrogen-bond acceptors (Lipinski definition) is 7. The lowest BCUT2D eigenvalue weighted by atomic mass is 9.98. The molecule has 2 aromatic carbocycles. The molecule has 2 amide bonds. The van der Waals surface area contributed by atoms with Crippen molar-refractivity contribution in [1.82, 2.24) is 15.1 Å². The smallest absolute Gasteiger partial charge is 0.286 e. The number of benzene rings is 2. The first-order valence-corrected chi connectivity index (χ1v) is 11.5. The minimum absolute atomic E-state index is 0.0327. The molecule has 1 atom stereocenters. The SMILES string of the molecule is COc1ccc(C(=O)N2CCCC(c3nnc(C(=O)Nc4ccc(C)cc4)s3)C2)c(OC)c1. The number of rotatable bonds is 6. The van der Waals surface area contributed by atoms with Crippen molar-refractivity contribution in [2.45, 2.75) is 25.7 Å². The van der Waals surface area contributed by atoms with Crippen molar-refractivity contribution in [1.29, 1.82) is 0 Å². The van der Waals surface area contributed by atoms with Gasteiger partial charge in [0.05, 0.1) is 19.8 Å². The van der Waals surface area contributed by atoms with Crippen LogP contribution in [0.25, 0.3) is 0 Å². The maximum Gasteiger partial charge on any atom is 0.286 e. The molecule has 3 aromatic rings. The Bertz CT molecular complexity index is 1150. The van der Waals surface area contributed by atoms with E-state index in [0.717, 1.165) is 23.4 Å². The van der Waals surface area contributed by atoms with Crippen molar-refractivity contribution < 1.29 is 19.1 Å². The van der Waals surface area contributed by atoms with Gasteiger partial charge in [0.15, 0.2) is 0 Å². The zero-order valence-electron chi connectivity index (χ0n) is 18.8. The third-order valence-electron chi connectivity index (χ3n) is 5.64. The van der Waals surface area contributed by atoms with Gasteiger partial charge < -0.3 is 19.7 Å². The van der Waals surface area contributed by atoms with Crippen molar-refractivity contribution in [3.05, 3.63) is 63.6 Å². The van der Waals surface area contributed by atoms with Gasteiger partial charge in [0.1, 0.15) is 16.5 Å². The fourth-order valence-corrected chi connectivity index (χ4v) is 4.69. The predicted molar refractivity (Wildman–Crippen MR) is 126 cm³/mol. The zero-order valence-corrected chi connectivity index (χ0v) is 19.6. The first-order chi connectivity index (χ1) is 16.0. The Balaban J connectivity index is 1.45. The number of anilines is 1. The second kappa shape index (κ2) is 9.99. The van der Waals surface area contributed by atoms with E-state index in [9.17, 15) is 9.59 Å².